The molecule has 1 aromatic carbocycles. The van der Waals surface area contributed by atoms with Crippen LogP contribution in [0.1, 0.15) is 25.3 Å². The van der Waals surface area contributed by atoms with E-state index < -0.39 is 0 Å². The minimum absolute atomic E-state index is 0.0270. The predicted octanol–water partition coefficient (Wildman–Crippen LogP) is 3.18. The van der Waals surface area contributed by atoms with Crippen molar-refractivity contribution >= 4 is 17.4 Å². The number of amides is 1. The first-order valence-corrected chi connectivity index (χ1v) is 9.45. The van der Waals surface area contributed by atoms with Crippen molar-refractivity contribution in [2.45, 2.75) is 26.2 Å². The molecule has 0 saturated carbocycles. The van der Waals surface area contributed by atoms with Crippen LogP contribution in [0.2, 0.25) is 0 Å². The zero-order valence-corrected chi connectivity index (χ0v) is 15.5. The van der Waals surface area contributed by atoms with Gasteiger partial charge < -0.3 is 10.2 Å². The highest BCUT2D eigenvalue weighted by molar-refractivity contribution is 5.88. The first-order chi connectivity index (χ1) is 12.7. The molecule has 0 aliphatic carbocycles. The van der Waals surface area contributed by atoms with E-state index in [9.17, 15) is 4.79 Å². The van der Waals surface area contributed by atoms with Gasteiger partial charge in [0, 0.05) is 45.0 Å². The van der Waals surface area contributed by atoms with Crippen molar-refractivity contribution in [2.75, 3.05) is 42.9 Å². The summed E-state index contributed by atoms with van der Waals surface area (Å²) >= 11 is 0. The molecule has 2 aromatic rings. The summed E-state index contributed by atoms with van der Waals surface area (Å²) in [5.41, 5.74) is 2.20. The molecule has 0 unspecified atom stereocenters. The quantitative estimate of drug-likeness (QED) is 0.778. The Bertz CT molecular complexity index is 679. The number of piperazine rings is 1. The van der Waals surface area contributed by atoms with E-state index in [1.807, 2.05) is 24.4 Å². The number of unbranched alkanes of at least 4 members (excludes halogenated alkanes) is 1. The van der Waals surface area contributed by atoms with Crippen molar-refractivity contribution in [2.24, 2.45) is 0 Å². The summed E-state index contributed by atoms with van der Waals surface area (Å²) in [6.07, 6.45) is 5.37. The molecular weight excluding hydrogens is 324 g/mol. The lowest BCUT2D eigenvalue weighted by atomic mass is 10.1. The summed E-state index contributed by atoms with van der Waals surface area (Å²) in [5, 5.41) is 2.80. The van der Waals surface area contributed by atoms with Crippen LogP contribution in [0.4, 0.5) is 11.5 Å². The number of benzene rings is 1. The first kappa shape index (κ1) is 18.4. The van der Waals surface area contributed by atoms with Gasteiger partial charge in [-0.05, 0) is 55.6 Å². The molecule has 0 radical (unpaired) electrons. The van der Waals surface area contributed by atoms with Crippen LogP contribution in [-0.4, -0.2) is 48.5 Å². The molecule has 1 aliphatic heterocycles. The van der Waals surface area contributed by atoms with Crippen LogP contribution in [0.15, 0.2) is 48.7 Å². The highest BCUT2D eigenvalue weighted by atomic mass is 16.1. The average molecular weight is 352 g/mol. The molecule has 3 rings (SSSR count). The SMILES string of the molecule is CC(=O)Nc1ccc(CCCCN2CCN(c3ccccn3)CC2)cc1. The Morgan fingerprint density at radius 3 is 2.46 bits per heavy atom. The second kappa shape index (κ2) is 9.34. The molecular formula is C21H28N4O. The van der Waals surface area contributed by atoms with Gasteiger partial charge in [-0.1, -0.05) is 18.2 Å². The van der Waals surface area contributed by atoms with Crippen LogP contribution in [0.25, 0.3) is 0 Å². The largest absolute Gasteiger partial charge is 0.354 e. The van der Waals surface area contributed by atoms with Crippen molar-refractivity contribution in [3.05, 3.63) is 54.2 Å². The number of nitrogens with zero attached hydrogens (tertiary/aromatic N) is 3. The first-order valence-electron chi connectivity index (χ1n) is 9.45. The molecule has 0 bridgehead atoms. The van der Waals surface area contributed by atoms with Gasteiger partial charge in [-0.25, -0.2) is 4.98 Å². The Balaban J connectivity index is 1.33. The fraction of sp³-hybridized carbons (Fsp3) is 0.429. The van der Waals surface area contributed by atoms with E-state index in [0.29, 0.717) is 0 Å². The van der Waals surface area contributed by atoms with Crippen LogP contribution in [0.5, 0.6) is 0 Å². The third-order valence-corrected chi connectivity index (χ3v) is 4.81. The van der Waals surface area contributed by atoms with Gasteiger partial charge in [-0.3, -0.25) is 9.69 Å². The van der Waals surface area contributed by atoms with E-state index in [4.69, 9.17) is 0 Å². The number of aryl methyl sites for hydroxylation is 1. The number of rotatable bonds is 7. The second-order valence-corrected chi connectivity index (χ2v) is 6.85. The normalized spacial score (nSPS) is 15.0. The lowest BCUT2D eigenvalue weighted by Gasteiger charge is -2.35. The highest BCUT2D eigenvalue weighted by Gasteiger charge is 2.17. The summed E-state index contributed by atoms with van der Waals surface area (Å²) < 4.78 is 0. The van der Waals surface area contributed by atoms with Crippen LogP contribution in [0.3, 0.4) is 0 Å². The van der Waals surface area contributed by atoms with Gasteiger partial charge in [0.05, 0.1) is 0 Å². The molecule has 1 aromatic heterocycles. The second-order valence-electron chi connectivity index (χ2n) is 6.85. The van der Waals surface area contributed by atoms with E-state index in [2.05, 4.69) is 44.4 Å². The van der Waals surface area contributed by atoms with Gasteiger partial charge >= 0.3 is 0 Å². The maximum atomic E-state index is 11.0. The Labute approximate surface area is 156 Å². The van der Waals surface area contributed by atoms with Gasteiger partial charge in [-0.15, -0.1) is 0 Å². The fourth-order valence-corrected chi connectivity index (χ4v) is 3.36. The monoisotopic (exact) mass is 352 g/mol. The summed E-state index contributed by atoms with van der Waals surface area (Å²) in [6.45, 7) is 7.04. The topological polar surface area (TPSA) is 48.5 Å². The molecule has 1 N–H and O–H groups in total. The zero-order valence-electron chi connectivity index (χ0n) is 15.5. The van der Waals surface area contributed by atoms with Gasteiger partial charge in [0.15, 0.2) is 0 Å². The minimum atomic E-state index is -0.0270. The lowest BCUT2D eigenvalue weighted by Crippen LogP contribution is -2.46. The summed E-state index contributed by atoms with van der Waals surface area (Å²) in [7, 11) is 0. The Hall–Kier alpha value is -2.40. The average Bonchev–Trinajstić information content (AvgIpc) is 2.67. The van der Waals surface area contributed by atoms with Crippen LogP contribution < -0.4 is 10.2 Å². The van der Waals surface area contributed by atoms with Crippen molar-refractivity contribution < 1.29 is 4.79 Å². The predicted molar refractivity (Wildman–Crippen MR) is 107 cm³/mol. The van der Waals surface area contributed by atoms with Gasteiger partial charge in [0.1, 0.15) is 5.82 Å². The lowest BCUT2D eigenvalue weighted by molar-refractivity contribution is -0.114. The molecule has 0 spiro atoms. The molecule has 5 nitrogen and oxygen atoms in total. The molecule has 26 heavy (non-hydrogen) atoms. The Morgan fingerprint density at radius 2 is 1.81 bits per heavy atom. The van der Waals surface area contributed by atoms with E-state index >= 15 is 0 Å². The van der Waals surface area contributed by atoms with Crippen molar-refractivity contribution in [3.8, 4) is 0 Å². The number of hydrogen-bond acceptors (Lipinski definition) is 4. The van der Waals surface area contributed by atoms with Crippen molar-refractivity contribution in [1.82, 2.24) is 9.88 Å². The number of carbonyl (C=O) groups is 1. The van der Waals surface area contributed by atoms with E-state index in [0.717, 1.165) is 44.1 Å². The Kier molecular flexibility index (Phi) is 6.61. The number of aromatic nitrogens is 1. The van der Waals surface area contributed by atoms with Gasteiger partial charge in [0.2, 0.25) is 5.91 Å². The van der Waals surface area contributed by atoms with E-state index in [-0.39, 0.29) is 5.91 Å². The van der Waals surface area contributed by atoms with Gasteiger partial charge in [0.25, 0.3) is 0 Å². The molecule has 5 heteroatoms. The minimum Gasteiger partial charge on any atom is -0.354 e. The smallest absolute Gasteiger partial charge is 0.221 e. The molecule has 0 atom stereocenters. The standard InChI is InChI=1S/C21H28N4O/c1-18(26)23-20-10-8-19(9-11-20)6-3-5-13-24-14-16-25(17-15-24)21-7-2-4-12-22-21/h2,4,7-12H,3,5-6,13-17H2,1H3,(H,23,26). The molecule has 1 aliphatic rings. The number of pyridine rings is 1. The van der Waals surface area contributed by atoms with Crippen molar-refractivity contribution in [3.63, 3.8) is 0 Å². The van der Waals surface area contributed by atoms with Crippen LogP contribution >= 0.6 is 0 Å². The maximum absolute atomic E-state index is 11.0. The molecule has 1 saturated heterocycles. The molecule has 2 heterocycles. The number of hydrogen-bond donors (Lipinski definition) is 1. The highest BCUT2D eigenvalue weighted by Crippen LogP contribution is 2.14. The van der Waals surface area contributed by atoms with E-state index in [1.54, 1.807) is 0 Å². The summed E-state index contributed by atoms with van der Waals surface area (Å²) in [5.74, 6) is 1.07. The maximum Gasteiger partial charge on any atom is 0.221 e. The summed E-state index contributed by atoms with van der Waals surface area (Å²) in [4.78, 5) is 20.4. The molecule has 138 valence electrons. The third kappa shape index (κ3) is 5.56. The third-order valence-electron chi connectivity index (χ3n) is 4.81. The molecule has 1 fully saturated rings. The number of anilines is 2. The van der Waals surface area contributed by atoms with Crippen molar-refractivity contribution in [1.29, 1.82) is 0 Å². The van der Waals surface area contributed by atoms with E-state index in [1.165, 1.54) is 31.9 Å². The number of nitrogens with one attached hydrogen (secondary N) is 1. The Morgan fingerprint density at radius 1 is 1.04 bits per heavy atom. The van der Waals surface area contributed by atoms with Gasteiger partial charge in [-0.2, -0.15) is 0 Å². The fourth-order valence-electron chi connectivity index (χ4n) is 3.36. The molecule has 1 amide bonds. The number of carbonyl (C=O) groups excluding carboxylic acids is 1. The van der Waals surface area contributed by atoms with Crippen LogP contribution in [-0.2, 0) is 11.2 Å². The zero-order chi connectivity index (χ0) is 18.2. The summed E-state index contributed by atoms with van der Waals surface area (Å²) in [6, 6.07) is 14.3. The van der Waals surface area contributed by atoms with Crippen LogP contribution in [0, 0.1) is 0 Å².